The summed E-state index contributed by atoms with van der Waals surface area (Å²) in [6, 6.07) is 0. The van der Waals surface area contributed by atoms with Gasteiger partial charge in [0.1, 0.15) is 12.7 Å². The highest BCUT2D eigenvalue weighted by molar-refractivity contribution is 7.47. The maximum atomic E-state index is 12.6. The van der Waals surface area contributed by atoms with E-state index in [-0.39, 0.29) is 19.4 Å². The summed E-state index contributed by atoms with van der Waals surface area (Å²) >= 11 is 0. The first-order valence-electron chi connectivity index (χ1n) is 23.4. The van der Waals surface area contributed by atoms with Crippen molar-refractivity contribution in [2.75, 3.05) is 26.4 Å². The molecule has 0 aliphatic heterocycles. The van der Waals surface area contributed by atoms with E-state index in [9.17, 15) is 29.3 Å². The molecule has 0 aromatic rings. The van der Waals surface area contributed by atoms with Gasteiger partial charge in [-0.2, -0.15) is 0 Å². The summed E-state index contributed by atoms with van der Waals surface area (Å²) in [7, 11) is -4.67. The van der Waals surface area contributed by atoms with Gasteiger partial charge in [0.15, 0.2) is 6.10 Å². The van der Waals surface area contributed by atoms with Gasteiger partial charge in [0.2, 0.25) is 0 Å². The Bertz CT molecular complexity index is 1270. The lowest BCUT2D eigenvalue weighted by Crippen LogP contribution is -2.29. The van der Waals surface area contributed by atoms with Crippen LogP contribution in [0.1, 0.15) is 175 Å². The molecule has 352 valence electrons. The second-order valence-corrected chi connectivity index (χ2v) is 17.5. The maximum absolute atomic E-state index is 12.6. The number of carbonyl (C=O) groups is 2. The molecule has 4 N–H and O–H groups in total. The van der Waals surface area contributed by atoms with Gasteiger partial charge in [-0.1, -0.05) is 190 Å². The molecule has 0 fully saturated rings. The van der Waals surface area contributed by atoms with E-state index < -0.39 is 57.9 Å². The van der Waals surface area contributed by atoms with Crippen molar-refractivity contribution in [2.45, 2.75) is 193 Å². The quantitative estimate of drug-likeness (QED) is 0.0151. The number of ether oxygens (including phenoxy) is 2. The fourth-order valence-corrected chi connectivity index (χ4v) is 6.84. The van der Waals surface area contributed by atoms with Crippen molar-refractivity contribution >= 4 is 19.8 Å². The van der Waals surface area contributed by atoms with Crippen LogP contribution in [-0.4, -0.2) is 76.9 Å². The molecule has 0 aromatic heterocycles. The number of carbonyl (C=O) groups excluding carboxylic acids is 2. The molecule has 0 heterocycles. The predicted molar refractivity (Wildman–Crippen MR) is 248 cm³/mol. The highest BCUT2D eigenvalue weighted by Gasteiger charge is 2.27. The number of phosphoric ester groups is 1. The van der Waals surface area contributed by atoms with Gasteiger partial charge >= 0.3 is 19.8 Å². The monoisotopic (exact) mass is 881 g/mol. The number of hydrogen-bond donors (Lipinski definition) is 4. The summed E-state index contributed by atoms with van der Waals surface area (Å²) in [5.74, 6) is -0.286. The Morgan fingerprint density at radius 3 is 1.69 bits per heavy atom. The third-order valence-electron chi connectivity index (χ3n) is 9.65. The molecule has 2 unspecified atom stereocenters. The van der Waals surface area contributed by atoms with Crippen LogP contribution in [0.5, 0.6) is 0 Å². The van der Waals surface area contributed by atoms with Gasteiger partial charge < -0.3 is 29.7 Å². The van der Waals surface area contributed by atoms with Crippen molar-refractivity contribution in [3.8, 4) is 0 Å². The summed E-state index contributed by atoms with van der Waals surface area (Å²) < 4.78 is 32.6. The SMILES string of the molecule is CC/C=C\C/C=C\C/C=C\C/C=C\C=C/C(O)C/C=C\CCC(=O)O[C@H](COC(=O)CCCCCCCCCCCCCCCCCC(C)C)COP(=O)(O)OC[C@@H](O)CO. The predicted octanol–water partition coefficient (Wildman–Crippen LogP) is 11.7. The summed E-state index contributed by atoms with van der Waals surface area (Å²) in [5, 5.41) is 28.6. The summed E-state index contributed by atoms with van der Waals surface area (Å²) in [6.45, 7) is 4.41. The zero-order chi connectivity index (χ0) is 45.1. The molecule has 0 aliphatic carbocycles. The fourth-order valence-electron chi connectivity index (χ4n) is 6.05. The largest absolute Gasteiger partial charge is 0.472 e. The number of unbranched alkanes of at least 4 members (excludes halogenated alkanes) is 14. The first kappa shape index (κ1) is 58.4. The Balaban J connectivity index is 4.45. The molecule has 0 saturated heterocycles. The van der Waals surface area contributed by atoms with Crippen LogP contribution in [0.15, 0.2) is 72.9 Å². The van der Waals surface area contributed by atoms with Crippen LogP contribution in [0.2, 0.25) is 0 Å². The van der Waals surface area contributed by atoms with E-state index in [0.29, 0.717) is 19.3 Å². The van der Waals surface area contributed by atoms with Crippen molar-refractivity contribution in [1.82, 2.24) is 0 Å². The third-order valence-corrected chi connectivity index (χ3v) is 10.6. The van der Waals surface area contributed by atoms with E-state index in [0.717, 1.165) is 50.9 Å². The highest BCUT2D eigenvalue weighted by atomic mass is 31.2. The summed E-state index contributed by atoms with van der Waals surface area (Å²) in [6.07, 6.45) is 44.8. The number of esters is 2. The molecular formula is C49H85O11P. The van der Waals surface area contributed by atoms with Crippen LogP contribution in [0.3, 0.4) is 0 Å². The molecule has 61 heavy (non-hydrogen) atoms. The Hall–Kier alpha value is -2.63. The van der Waals surface area contributed by atoms with Crippen LogP contribution in [-0.2, 0) is 32.7 Å². The fraction of sp³-hybridized carbons (Fsp3) is 0.714. The van der Waals surface area contributed by atoms with Crippen LogP contribution < -0.4 is 0 Å². The normalized spacial score (nSPS) is 15.0. The molecule has 0 bridgehead atoms. The van der Waals surface area contributed by atoms with Crippen molar-refractivity contribution in [3.63, 3.8) is 0 Å². The molecule has 0 radical (unpaired) electrons. The number of aliphatic hydroxyl groups excluding tert-OH is 3. The molecule has 0 spiro atoms. The molecule has 11 nitrogen and oxygen atoms in total. The Morgan fingerprint density at radius 1 is 0.607 bits per heavy atom. The zero-order valence-corrected chi connectivity index (χ0v) is 39.0. The Kier molecular flexibility index (Phi) is 40.8. The standard InChI is InChI=1S/C49H85O11P/c1-4-5-6-7-8-9-10-14-18-21-24-27-31-36-45(51)37-32-29-34-39-49(54)60-47(43-59-61(55,56)58-41-46(52)40-50)42-57-48(53)38-33-28-25-22-19-16-13-11-12-15-17-20-23-26-30-35-44(2)3/h5-6,8-9,14,18,24,27,29,31-32,36,44-47,50-52H,4,7,10-13,15-17,19-23,25-26,28,30,33-35,37-43H2,1-3H3,(H,55,56)/b6-5-,9-8-,18-14-,27-24-,32-29-,36-31-/t45?,46-,47+/m0/s1. The van der Waals surface area contributed by atoms with Gasteiger partial charge in [-0.15, -0.1) is 0 Å². The number of phosphoric acid groups is 1. The number of rotatable bonds is 42. The third kappa shape index (κ3) is 43.8. The van der Waals surface area contributed by atoms with Gasteiger partial charge in [-0.3, -0.25) is 18.6 Å². The first-order valence-corrected chi connectivity index (χ1v) is 24.9. The van der Waals surface area contributed by atoms with Gasteiger partial charge in [-0.05, 0) is 50.9 Å². The summed E-state index contributed by atoms with van der Waals surface area (Å²) in [5.41, 5.74) is 0. The summed E-state index contributed by atoms with van der Waals surface area (Å²) in [4.78, 5) is 35.1. The van der Waals surface area contributed by atoms with Crippen molar-refractivity contribution in [3.05, 3.63) is 72.9 Å². The minimum absolute atomic E-state index is 0.0242. The smallest absolute Gasteiger partial charge is 0.462 e. The van der Waals surface area contributed by atoms with Crippen LogP contribution in [0, 0.1) is 5.92 Å². The molecule has 0 rings (SSSR count). The highest BCUT2D eigenvalue weighted by Crippen LogP contribution is 2.43. The van der Waals surface area contributed by atoms with Gasteiger partial charge in [-0.25, -0.2) is 4.57 Å². The van der Waals surface area contributed by atoms with E-state index in [2.05, 4.69) is 61.8 Å². The molecule has 0 amide bonds. The average molecular weight is 881 g/mol. The first-order chi connectivity index (χ1) is 29.5. The zero-order valence-electron chi connectivity index (χ0n) is 38.1. The maximum Gasteiger partial charge on any atom is 0.472 e. The molecular weight excluding hydrogens is 796 g/mol. The molecule has 0 aromatic carbocycles. The van der Waals surface area contributed by atoms with E-state index in [1.165, 1.54) is 77.0 Å². The van der Waals surface area contributed by atoms with Crippen molar-refractivity contribution in [1.29, 1.82) is 0 Å². The van der Waals surface area contributed by atoms with E-state index in [4.69, 9.17) is 19.1 Å². The van der Waals surface area contributed by atoms with E-state index >= 15 is 0 Å². The van der Waals surface area contributed by atoms with Crippen molar-refractivity contribution in [2.24, 2.45) is 5.92 Å². The van der Waals surface area contributed by atoms with Crippen LogP contribution in [0.25, 0.3) is 0 Å². The topological polar surface area (TPSA) is 169 Å². The van der Waals surface area contributed by atoms with E-state index in [1.807, 2.05) is 12.2 Å². The molecule has 0 saturated carbocycles. The van der Waals surface area contributed by atoms with Crippen LogP contribution in [0.4, 0.5) is 0 Å². The van der Waals surface area contributed by atoms with E-state index in [1.54, 1.807) is 24.3 Å². The van der Waals surface area contributed by atoms with Crippen molar-refractivity contribution < 1.29 is 52.9 Å². The number of hydrogen-bond acceptors (Lipinski definition) is 10. The second-order valence-electron chi connectivity index (χ2n) is 16.1. The molecule has 0 aliphatic rings. The second kappa shape index (κ2) is 42.7. The molecule has 4 atom stereocenters. The average Bonchev–Trinajstić information content (AvgIpc) is 3.23. The lowest BCUT2D eigenvalue weighted by Gasteiger charge is -2.20. The lowest BCUT2D eigenvalue weighted by molar-refractivity contribution is -0.161. The number of allylic oxidation sites excluding steroid dienone is 10. The Labute approximate surface area is 370 Å². The van der Waals surface area contributed by atoms with Gasteiger partial charge in [0.05, 0.1) is 25.9 Å². The van der Waals surface area contributed by atoms with Crippen LogP contribution >= 0.6 is 7.82 Å². The van der Waals surface area contributed by atoms with Gasteiger partial charge in [0.25, 0.3) is 0 Å². The Morgan fingerprint density at radius 2 is 1.13 bits per heavy atom. The molecule has 12 heteroatoms. The minimum atomic E-state index is -4.67. The lowest BCUT2D eigenvalue weighted by atomic mass is 10.0. The number of aliphatic hydroxyl groups is 3. The van der Waals surface area contributed by atoms with Gasteiger partial charge in [0, 0.05) is 12.8 Å². The minimum Gasteiger partial charge on any atom is -0.462 e.